The number of esters is 1. The number of carbonyl (C=O) groups is 1. The lowest BCUT2D eigenvalue weighted by Crippen LogP contribution is -2.60. The van der Waals surface area contributed by atoms with Crippen LogP contribution < -0.4 is 0 Å². The quantitative estimate of drug-likeness (QED) is 0.0200. The van der Waals surface area contributed by atoms with Gasteiger partial charge in [-0.05, 0) is 89.9 Å². The Morgan fingerprint density at radius 3 is 1.55 bits per heavy atom. The Morgan fingerprint density at radius 1 is 0.613 bits per heavy atom. The summed E-state index contributed by atoms with van der Waals surface area (Å²) in [7, 11) is -5.07. The summed E-state index contributed by atoms with van der Waals surface area (Å²) in [6.07, 6.45) is 44.4. The van der Waals surface area contributed by atoms with Gasteiger partial charge in [0, 0.05) is 13.0 Å². The predicted molar refractivity (Wildman–Crippen MR) is 248 cm³/mol. The van der Waals surface area contributed by atoms with Gasteiger partial charge in [0.1, 0.15) is 30.5 Å². The van der Waals surface area contributed by atoms with Gasteiger partial charge in [0.05, 0.1) is 19.8 Å². The zero-order chi connectivity index (χ0) is 45.4. The molecule has 0 amide bonds. The van der Waals surface area contributed by atoms with Crippen molar-refractivity contribution in [3.8, 4) is 0 Å². The van der Waals surface area contributed by atoms with E-state index in [0.29, 0.717) is 13.0 Å². The fraction of sp³-hybridized carbons (Fsp3) is 0.653. The topological polar surface area (TPSA) is 178 Å². The molecular weight excluding hydrogens is 813 g/mol. The van der Waals surface area contributed by atoms with E-state index in [4.69, 9.17) is 23.5 Å². The first-order chi connectivity index (χ1) is 30.1. The molecule has 0 aromatic heterocycles. The Kier molecular flexibility index (Phi) is 36.4. The highest BCUT2D eigenvalue weighted by atomic mass is 32.3. The summed E-state index contributed by atoms with van der Waals surface area (Å²) in [6.45, 7) is 3.65. The van der Waals surface area contributed by atoms with Gasteiger partial charge in [-0.15, -0.1) is 0 Å². The summed E-state index contributed by atoms with van der Waals surface area (Å²) >= 11 is 0. The Bertz CT molecular complexity index is 1450. The molecule has 1 fully saturated rings. The van der Waals surface area contributed by atoms with Crippen molar-refractivity contribution in [2.24, 2.45) is 0 Å². The van der Waals surface area contributed by atoms with Crippen LogP contribution in [0.4, 0.5) is 0 Å². The molecule has 1 saturated heterocycles. The molecule has 0 saturated carbocycles. The lowest BCUT2D eigenvalue weighted by atomic mass is 9.99. The third-order valence-corrected chi connectivity index (χ3v) is 10.2. The molecule has 12 nitrogen and oxygen atoms in total. The van der Waals surface area contributed by atoms with E-state index in [2.05, 4.69) is 115 Å². The van der Waals surface area contributed by atoms with Crippen molar-refractivity contribution in [1.82, 2.24) is 0 Å². The fourth-order valence-corrected chi connectivity index (χ4v) is 6.81. The van der Waals surface area contributed by atoms with E-state index in [1.165, 1.54) is 0 Å². The van der Waals surface area contributed by atoms with Gasteiger partial charge in [-0.2, -0.15) is 8.42 Å². The smallest absolute Gasteiger partial charge is 0.397 e. The van der Waals surface area contributed by atoms with E-state index in [1.54, 1.807) is 0 Å². The maximum absolute atomic E-state index is 12.8. The molecule has 1 heterocycles. The van der Waals surface area contributed by atoms with Gasteiger partial charge >= 0.3 is 16.4 Å². The summed E-state index contributed by atoms with van der Waals surface area (Å²) in [5.41, 5.74) is 0. The number of rotatable bonds is 38. The standard InChI is InChI=1S/C49H80O12S/c1-3-5-7-9-11-13-15-17-19-20-21-22-23-25-27-29-31-33-35-37-39-57-41-43(42-58-49-47(53)48(61-62(54,55)56)46(52)44(40-50)60-49)59-45(51)38-36-34-32-30-28-26-24-18-16-14-12-10-8-6-4-2/h5-8,11-14,17-19,21-22,24-25,27,43-44,46-50,52-53H,3-4,9-10,15-16,20,23,26,28-42H2,1-2H3,(H,54,55,56)/b7-5-,8-6-,13-11-,14-12-,19-17-,22-21-,24-18-,27-25-. The number of hydrogen-bond donors (Lipinski definition) is 4. The maximum Gasteiger partial charge on any atom is 0.397 e. The molecule has 0 aromatic rings. The lowest BCUT2D eigenvalue weighted by molar-refractivity contribution is -0.301. The molecule has 62 heavy (non-hydrogen) atoms. The zero-order valence-corrected chi connectivity index (χ0v) is 38.5. The Balaban J connectivity index is 2.46. The molecule has 354 valence electrons. The second-order valence-electron chi connectivity index (χ2n) is 15.2. The number of hydrogen-bond acceptors (Lipinski definition) is 11. The van der Waals surface area contributed by atoms with Crippen molar-refractivity contribution >= 4 is 16.4 Å². The zero-order valence-electron chi connectivity index (χ0n) is 37.6. The first-order valence-electron chi connectivity index (χ1n) is 23.0. The number of unbranched alkanes of at least 4 members (excludes halogenated alkanes) is 9. The highest BCUT2D eigenvalue weighted by molar-refractivity contribution is 7.80. The molecule has 0 bridgehead atoms. The van der Waals surface area contributed by atoms with Crippen LogP contribution in [0.1, 0.15) is 142 Å². The molecule has 1 aliphatic rings. The Hall–Kier alpha value is -2.98. The monoisotopic (exact) mass is 893 g/mol. The summed E-state index contributed by atoms with van der Waals surface area (Å²) < 4.78 is 59.0. The third-order valence-electron chi connectivity index (χ3n) is 9.70. The van der Waals surface area contributed by atoms with E-state index in [1.807, 2.05) is 0 Å². The second kappa shape index (κ2) is 39.6. The maximum atomic E-state index is 12.8. The number of allylic oxidation sites excluding steroid dienone is 16. The number of aliphatic hydroxyl groups is 3. The average molecular weight is 893 g/mol. The molecule has 1 aliphatic heterocycles. The van der Waals surface area contributed by atoms with Gasteiger partial charge in [-0.25, -0.2) is 4.18 Å². The molecule has 6 unspecified atom stereocenters. The van der Waals surface area contributed by atoms with Crippen molar-refractivity contribution in [3.05, 3.63) is 97.2 Å². The first kappa shape index (κ1) is 57.0. The minimum absolute atomic E-state index is 0.00477. The molecule has 1 rings (SSSR count). The SMILES string of the molecule is CC/C=C\C/C=C\C/C=C\C/C=C\C/C=C\CCCCCCOCC(COC1OC(CO)C(O)C(OS(=O)(=O)O)C1O)OC(=O)CCCCCCC/C=C\C/C=C\C/C=C\CC. The van der Waals surface area contributed by atoms with Crippen LogP contribution in [-0.2, 0) is 38.3 Å². The van der Waals surface area contributed by atoms with E-state index in [9.17, 15) is 28.5 Å². The highest BCUT2D eigenvalue weighted by Crippen LogP contribution is 2.26. The van der Waals surface area contributed by atoms with E-state index >= 15 is 0 Å². The van der Waals surface area contributed by atoms with Gasteiger partial charge < -0.3 is 34.3 Å². The van der Waals surface area contributed by atoms with Crippen molar-refractivity contribution < 1.29 is 56.2 Å². The molecular formula is C49H80O12S. The normalized spacial score (nSPS) is 20.9. The van der Waals surface area contributed by atoms with Gasteiger partial charge in [0.25, 0.3) is 0 Å². The first-order valence-corrected chi connectivity index (χ1v) is 24.4. The van der Waals surface area contributed by atoms with Crippen molar-refractivity contribution in [2.45, 2.75) is 179 Å². The van der Waals surface area contributed by atoms with Crippen LogP contribution in [0, 0.1) is 0 Å². The number of carbonyl (C=O) groups excluding carboxylic acids is 1. The summed E-state index contributed by atoms with van der Waals surface area (Å²) in [4.78, 5) is 12.8. The van der Waals surface area contributed by atoms with Crippen LogP contribution in [0.15, 0.2) is 97.2 Å². The highest BCUT2D eigenvalue weighted by Gasteiger charge is 2.48. The summed E-state index contributed by atoms with van der Waals surface area (Å²) in [6, 6.07) is 0. The largest absolute Gasteiger partial charge is 0.457 e. The van der Waals surface area contributed by atoms with Gasteiger partial charge in [-0.3, -0.25) is 9.35 Å². The third kappa shape index (κ3) is 32.7. The molecule has 0 aliphatic carbocycles. The molecule has 0 spiro atoms. The van der Waals surface area contributed by atoms with Crippen LogP contribution in [-0.4, -0.2) is 97.5 Å². The van der Waals surface area contributed by atoms with Crippen LogP contribution in [0.5, 0.6) is 0 Å². The summed E-state index contributed by atoms with van der Waals surface area (Å²) in [5, 5.41) is 30.7. The van der Waals surface area contributed by atoms with Gasteiger partial charge in [0.2, 0.25) is 0 Å². The molecule has 0 radical (unpaired) electrons. The van der Waals surface area contributed by atoms with Gasteiger partial charge in [-0.1, -0.05) is 143 Å². The van der Waals surface area contributed by atoms with Crippen LogP contribution in [0.25, 0.3) is 0 Å². The second-order valence-corrected chi connectivity index (χ2v) is 16.3. The minimum atomic E-state index is -5.07. The van der Waals surface area contributed by atoms with Crippen molar-refractivity contribution in [2.75, 3.05) is 26.4 Å². The van der Waals surface area contributed by atoms with E-state index in [-0.39, 0.29) is 19.6 Å². The van der Waals surface area contributed by atoms with E-state index in [0.717, 1.165) is 116 Å². The Morgan fingerprint density at radius 2 is 1.06 bits per heavy atom. The van der Waals surface area contributed by atoms with Crippen LogP contribution in [0.3, 0.4) is 0 Å². The van der Waals surface area contributed by atoms with Crippen LogP contribution in [0.2, 0.25) is 0 Å². The van der Waals surface area contributed by atoms with Gasteiger partial charge in [0.15, 0.2) is 6.29 Å². The van der Waals surface area contributed by atoms with Crippen LogP contribution >= 0.6 is 0 Å². The molecule has 13 heteroatoms. The average Bonchev–Trinajstić information content (AvgIpc) is 3.24. The predicted octanol–water partition coefficient (Wildman–Crippen LogP) is 9.85. The van der Waals surface area contributed by atoms with Crippen molar-refractivity contribution in [1.29, 1.82) is 0 Å². The van der Waals surface area contributed by atoms with E-state index < -0.39 is 59.8 Å². The summed E-state index contributed by atoms with van der Waals surface area (Å²) in [5.74, 6) is -0.431. The van der Waals surface area contributed by atoms with Crippen molar-refractivity contribution in [3.63, 3.8) is 0 Å². The molecule has 4 N–H and O–H groups in total. The number of ether oxygens (including phenoxy) is 4. The fourth-order valence-electron chi connectivity index (χ4n) is 6.30. The Labute approximate surface area is 374 Å². The molecule has 6 atom stereocenters. The molecule has 0 aromatic carbocycles. The number of aliphatic hydroxyl groups excluding tert-OH is 3. The lowest BCUT2D eigenvalue weighted by Gasteiger charge is -2.41. The minimum Gasteiger partial charge on any atom is -0.457 e.